The molecule has 0 radical (unpaired) electrons. The predicted molar refractivity (Wildman–Crippen MR) is 58.4 cm³/mol. The van der Waals surface area contributed by atoms with Crippen molar-refractivity contribution in [3.05, 3.63) is 36.0 Å². The summed E-state index contributed by atoms with van der Waals surface area (Å²) in [5.41, 5.74) is 2.45. The van der Waals surface area contributed by atoms with Crippen molar-refractivity contribution in [1.29, 1.82) is 0 Å². The van der Waals surface area contributed by atoms with E-state index >= 15 is 0 Å². The van der Waals surface area contributed by atoms with Crippen LogP contribution in [0.3, 0.4) is 0 Å². The Morgan fingerprint density at radius 2 is 2.14 bits per heavy atom. The largest absolute Gasteiger partial charge is 0.392 e. The highest BCUT2D eigenvalue weighted by Crippen LogP contribution is 2.17. The summed E-state index contributed by atoms with van der Waals surface area (Å²) in [5.74, 6) is 0. The molecule has 2 aromatic rings. The van der Waals surface area contributed by atoms with Crippen LogP contribution in [0.5, 0.6) is 0 Å². The van der Waals surface area contributed by atoms with Gasteiger partial charge in [-0.25, -0.2) is 0 Å². The molecule has 0 fully saturated rings. The van der Waals surface area contributed by atoms with Crippen molar-refractivity contribution in [2.24, 2.45) is 0 Å². The summed E-state index contributed by atoms with van der Waals surface area (Å²) >= 11 is 0. The second-order valence-electron chi connectivity index (χ2n) is 3.88. The Labute approximate surface area is 83.8 Å². The van der Waals surface area contributed by atoms with E-state index in [0.29, 0.717) is 6.54 Å². The molecule has 0 saturated carbocycles. The molecule has 0 aliphatic heterocycles. The van der Waals surface area contributed by atoms with E-state index in [-0.39, 0.29) is 6.10 Å². The summed E-state index contributed by atoms with van der Waals surface area (Å²) in [6, 6.07) is 8.45. The third kappa shape index (κ3) is 1.66. The van der Waals surface area contributed by atoms with Gasteiger partial charge in [-0.2, -0.15) is 0 Å². The van der Waals surface area contributed by atoms with Crippen LogP contribution in [0.1, 0.15) is 12.5 Å². The van der Waals surface area contributed by atoms with Crippen molar-refractivity contribution in [1.82, 2.24) is 4.57 Å². The maximum Gasteiger partial charge on any atom is 0.0691 e. The lowest BCUT2D eigenvalue weighted by Gasteiger charge is -2.07. The van der Waals surface area contributed by atoms with E-state index in [4.69, 9.17) is 0 Å². The third-order valence-corrected chi connectivity index (χ3v) is 2.39. The van der Waals surface area contributed by atoms with E-state index in [2.05, 4.69) is 35.8 Å². The highest BCUT2D eigenvalue weighted by Gasteiger charge is 2.03. The van der Waals surface area contributed by atoms with E-state index < -0.39 is 0 Å². The SMILES string of the molecule is Cc1ccc2ccn(CC(C)O)c2c1. The van der Waals surface area contributed by atoms with Gasteiger partial charge in [0.15, 0.2) is 0 Å². The maximum atomic E-state index is 9.33. The Bertz CT molecular complexity index is 443. The Morgan fingerprint density at radius 1 is 1.36 bits per heavy atom. The van der Waals surface area contributed by atoms with Crippen LogP contribution in [0.25, 0.3) is 10.9 Å². The number of aliphatic hydroxyl groups excluding tert-OH is 1. The molecule has 1 atom stereocenters. The minimum atomic E-state index is -0.300. The Hall–Kier alpha value is -1.28. The lowest BCUT2D eigenvalue weighted by molar-refractivity contribution is 0.175. The normalized spacial score (nSPS) is 13.4. The van der Waals surface area contributed by atoms with Crippen LogP contribution in [-0.2, 0) is 6.54 Å². The van der Waals surface area contributed by atoms with Crippen LogP contribution in [0.15, 0.2) is 30.5 Å². The predicted octanol–water partition coefficient (Wildman–Crippen LogP) is 2.33. The molecule has 0 aliphatic rings. The quantitative estimate of drug-likeness (QED) is 0.770. The first kappa shape index (κ1) is 9.28. The smallest absolute Gasteiger partial charge is 0.0691 e. The highest BCUT2D eigenvalue weighted by atomic mass is 16.3. The Morgan fingerprint density at radius 3 is 2.86 bits per heavy atom. The average Bonchev–Trinajstić information content (AvgIpc) is 2.47. The van der Waals surface area contributed by atoms with Gasteiger partial charge in [-0.05, 0) is 36.9 Å². The number of rotatable bonds is 2. The van der Waals surface area contributed by atoms with Crippen molar-refractivity contribution in [2.45, 2.75) is 26.5 Å². The Balaban J connectivity index is 2.50. The molecule has 2 rings (SSSR count). The molecule has 1 N–H and O–H groups in total. The van der Waals surface area contributed by atoms with Crippen molar-refractivity contribution in [2.75, 3.05) is 0 Å². The summed E-state index contributed by atoms with van der Waals surface area (Å²) in [7, 11) is 0. The van der Waals surface area contributed by atoms with Crippen molar-refractivity contribution < 1.29 is 5.11 Å². The van der Waals surface area contributed by atoms with Crippen LogP contribution in [-0.4, -0.2) is 15.8 Å². The molecular formula is C12H15NO. The average molecular weight is 189 g/mol. The molecule has 1 aromatic heterocycles. The van der Waals surface area contributed by atoms with Crippen LogP contribution in [0.2, 0.25) is 0 Å². The van der Waals surface area contributed by atoms with Gasteiger partial charge < -0.3 is 9.67 Å². The maximum absolute atomic E-state index is 9.33. The van der Waals surface area contributed by atoms with Crippen molar-refractivity contribution in [3.63, 3.8) is 0 Å². The van der Waals surface area contributed by atoms with Gasteiger partial charge in [-0.15, -0.1) is 0 Å². The van der Waals surface area contributed by atoms with Gasteiger partial charge >= 0.3 is 0 Å². The minimum Gasteiger partial charge on any atom is -0.392 e. The molecule has 0 aliphatic carbocycles. The molecule has 2 heteroatoms. The second-order valence-corrected chi connectivity index (χ2v) is 3.88. The summed E-state index contributed by atoms with van der Waals surface area (Å²) in [4.78, 5) is 0. The lowest BCUT2D eigenvalue weighted by atomic mass is 10.2. The Kier molecular flexibility index (Phi) is 2.30. The van der Waals surface area contributed by atoms with Gasteiger partial charge in [0.25, 0.3) is 0 Å². The zero-order valence-electron chi connectivity index (χ0n) is 8.57. The van der Waals surface area contributed by atoms with Gasteiger partial charge in [0.05, 0.1) is 6.10 Å². The molecule has 0 spiro atoms. The number of hydrogen-bond acceptors (Lipinski definition) is 1. The molecular weight excluding hydrogens is 174 g/mol. The minimum absolute atomic E-state index is 0.300. The summed E-state index contributed by atoms with van der Waals surface area (Å²) in [6.45, 7) is 4.55. The fourth-order valence-corrected chi connectivity index (χ4v) is 1.74. The standard InChI is InChI=1S/C12H15NO/c1-9-3-4-11-5-6-13(8-10(2)14)12(11)7-9/h3-7,10,14H,8H2,1-2H3. The van der Waals surface area contributed by atoms with Gasteiger partial charge in [-0.3, -0.25) is 0 Å². The number of aryl methyl sites for hydroxylation is 1. The number of aromatic nitrogens is 1. The molecule has 14 heavy (non-hydrogen) atoms. The first-order valence-electron chi connectivity index (χ1n) is 4.90. The topological polar surface area (TPSA) is 25.2 Å². The summed E-state index contributed by atoms with van der Waals surface area (Å²) < 4.78 is 2.09. The number of benzene rings is 1. The first-order valence-corrected chi connectivity index (χ1v) is 4.90. The van der Waals surface area contributed by atoms with Crippen LogP contribution >= 0.6 is 0 Å². The van der Waals surface area contributed by atoms with Gasteiger partial charge in [0.2, 0.25) is 0 Å². The number of fused-ring (bicyclic) bond motifs is 1. The van der Waals surface area contributed by atoms with E-state index in [1.807, 2.05) is 13.1 Å². The third-order valence-electron chi connectivity index (χ3n) is 2.39. The van der Waals surface area contributed by atoms with Gasteiger partial charge in [-0.1, -0.05) is 12.1 Å². The fraction of sp³-hybridized carbons (Fsp3) is 0.333. The van der Waals surface area contributed by atoms with Crippen LogP contribution < -0.4 is 0 Å². The van der Waals surface area contributed by atoms with Crippen LogP contribution in [0.4, 0.5) is 0 Å². The van der Waals surface area contributed by atoms with Crippen molar-refractivity contribution in [3.8, 4) is 0 Å². The van der Waals surface area contributed by atoms with E-state index in [1.54, 1.807) is 0 Å². The molecule has 1 heterocycles. The molecule has 1 unspecified atom stereocenters. The van der Waals surface area contributed by atoms with Crippen LogP contribution in [0, 0.1) is 6.92 Å². The molecule has 74 valence electrons. The monoisotopic (exact) mass is 189 g/mol. The zero-order valence-corrected chi connectivity index (χ0v) is 8.57. The van der Waals surface area contributed by atoms with Crippen molar-refractivity contribution >= 4 is 10.9 Å². The second kappa shape index (κ2) is 3.46. The fourth-order valence-electron chi connectivity index (χ4n) is 1.74. The number of aliphatic hydroxyl groups is 1. The van der Waals surface area contributed by atoms with Gasteiger partial charge in [0, 0.05) is 18.3 Å². The molecule has 0 amide bonds. The zero-order chi connectivity index (χ0) is 10.1. The first-order chi connectivity index (χ1) is 6.66. The lowest BCUT2D eigenvalue weighted by Crippen LogP contribution is -2.10. The summed E-state index contributed by atoms with van der Waals surface area (Å²) in [5, 5.41) is 10.6. The highest BCUT2D eigenvalue weighted by molar-refractivity contribution is 5.80. The molecule has 0 bridgehead atoms. The van der Waals surface area contributed by atoms with E-state index in [1.165, 1.54) is 16.5 Å². The van der Waals surface area contributed by atoms with E-state index in [9.17, 15) is 5.11 Å². The van der Waals surface area contributed by atoms with E-state index in [0.717, 1.165) is 0 Å². The molecule has 1 aromatic carbocycles. The molecule has 2 nitrogen and oxygen atoms in total. The number of hydrogen-bond donors (Lipinski definition) is 1. The van der Waals surface area contributed by atoms with Gasteiger partial charge in [0.1, 0.15) is 0 Å². The summed E-state index contributed by atoms with van der Waals surface area (Å²) in [6.07, 6.45) is 1.72. The molecule has 0 saturated heterocycles. The number of nitrogens with zero attached hydrogens (tertiary/aromatic N) is 1.